The van der Waals surface area contributed by atoms with Gasteiger partial charge < -0.3 is 20.3 Å². The summed E-state index contributed by atoms with van der Waals surface area (Å²) < 4.78 is 5.47. The van der Waals surface area contributed by atoms with Gasteiger partial charge in [-0.3, -0.25) is 9.59 Å². The molecule has 1 unspecified atom stereocenters. The second-order valence-corrected chi connectivity index (χ2v) is 7.13. The molecule has 2 aliphatic rings. The number of carbonyl (C=O) groups excluding carboxylic acids is 2. The van der Waals surface area contributed by atoms with E-state index >= 15 is 0 Å². The van der Waals surface area contributed by atoms with Crippen LogP contribution in [0.2, 0.25) is 0 Å². The highest BCUT2D eigenvalue weighted by atomic mass is 16.6. The number of benzene rings is 1. The zero-order valence-corrected chi connectivity index (χ0v) is 13.7. The van der Waals surface area contributed by atoms with Gasteiger partial charge in [0.25, 0.3) is 5.91 Å². The molecule has 0 radical (unpaired) electrons. The Morgan fingerprint density at radius 3 is 2.38 bits per heavy atom. The largest absolute Gasteiger partial charge is 0.505 e. The standard InChI is InChI=1S/C17H19NO6/c1-15(2)16(3)7-8-17(15,24-14(16)23)13(22)18-10-6-4-5-9(11(10)19)12(20)21/h4-6,19H,7-8H2,1-3H3,(H,18,22)(H,20,21)/t16?,17-/m0/s1. The molecule has 1 aromatic carbocycles. The molecule has 7 heteroatoms. The maximum Gasteiger partial charge on any atom is 0.339 e. The first-order chi connectivity index (χ1) is 11.1. The molecule has 1 heterocycles. The van der Waals surface area contributed by atoms with Crippen molar-refractivity contribution in [3.8, 4) is 5.75 Å². The number of fused-ring (bicyclic) bond motifs is 2. The number of esters is 1. The van der Waals surface area contributed by atoms with Crippen molar-refractivity contribution < 1.29 is 29.3 Å². The van der Waals surface area contributed by atoms with Crippen LogP contribution in [0.5, 0.6) is 5.75 Å². The third-order valence-corrected chi connectivity index (χ3v) is 5.96. The molecule has 0 aromatic heterocycles. The summed E-state index contributed by atoms with van der Waals surface area (Å²) in [6.07, 6.45) is 0.918. The highest BCUT2D eigenvalue weighted by molar-refractivity contribution is 6.05. The lowest BCUT2D eigenvalue weighted by Crippen LogP contribution is -2.50. The number of phenols is 1. The van der Waals surface area contributed by atoms with Gasteiger partial charge in [-0.05, 0) is 31.9 Å². The van der Waals surface area contributed by atoms with Crippen LogP contribution in [0.1, 0.15) is 44.0 Å². The molecular formula is C17H19NO6. The fourth-order valence-corrected chi connectivity index (χ4v) is 3.79. The summed E-state index contributed by atoms with van der Waals surface area (Å²) in [7, 11) is 0. The van der Waals surface area contributed by atoms with Crippen molar-refractivity contribution >= 4 is 23.5 Å². The molecule has 1 aliphatic carbocycles. The van der Waals surface area contributed by atoms with E-state index in [1.807, 2.05) is 13.8 Å². The van der Waals surface area contributed by atoms with Crippen LogP contribution in [0.3, 0.4) is 0 Å². The van der Waals surface area contributed by atoms with Crippen molar-refractivity contribution in [2.24, 2.45) is 10.8 Å². The number of ether oxygens (including phenoxy) is 1. The number of rotatable bonds is 3. The molecule has 0 spiro atoms. The van der Waals surface area contributed by atoms with Crippen LogP contribution in [0, 0.1) is 10.8 Å². The normalized spacial score (nSPS) is 30.0. The minimum Gasteiger partial charge on any atom is -0.505 e. The van der Waals surface area contributed by atoms with E-state index in [0.717, 1.165) is 0 Å². The van der Waals surface area contributed by atoms with Crippen molar-refractivity contribution in [3.63, 3.8) is 0 Å². The Bertz CT molecular complexity index is 770. The smallest absolute Gasteiger partial charge is 0.339 e. The Morgan fingerprint density at radius 1 is 1.21 bits per heavy atom. The number of nitrogens with one attached hydrogen (secondary N) is 1. The topological polar surface area (TPSA) is 113 Å². The van der Waals surface area contributed by atoms with E-state index < -0.39 is 40.0 Å². The second-order valence-electron chi connectivity index (χ2n) is 7.13. The predicted molar refractivity (Wildman–Crippen MR) is 83.6 cm³/mol. The lowest BCUT2D eigenvalue weighted by molar-refractivity contribution is -0.165. The van der Waals surface area contributed by atoms with Gasteiger partial charge in [0.15, 0.2) is 11.4 Å². The minimum absolute atomic E-state index is 0.0263. The van der Waals surface area contributed by atoms with Crippen LogP contribution in [0.15, 0.2) is 18.2 Å². The summed E-state index contributed by atoms with van der Waals surface area (Å²) >= 11 is 0. The highest BCUT2D eigenvalue weighted by Crippen LogP contribution is 2.65. The van der Waals surface area contributed by atoms with Crippen molar-refractivity contribution in [1.82, 2.24) is 0 Å². The molecule has 3 N–H and O–H groups in total. The summed E-state index contributed by atoms with van der Waals surface area (Å²) in [5, 5.41) is 21.6. The lowest BCUT2D eigenvalue weighted by atomic mass is 9.66. The van der Waals surface area contributed by atoms with E-state index in [1.54, 1.807) is 6.92 Å². The van der Waals surface area contributed by atoms with E-state index in [2.05, 4.69) is 5.32 Å². The van der Waals surface area contributed by atoms with Crippen molar-refractivity contribution in [3.05, 3.63) is 23.8 Å². The number of aromatic carboxylic acids is 1. The SMILES string of the molecule is CC12CC[C@@](C(=O)Nc3cccc(C(=O)O)c3O)(OC1=O)C2(C)C. The van der Waals surface area contributed by atoms with Gasteiger partial charge >= 0.3 is 11.9 Å². The van der Waals surface area contributed by atoms with Gasteiger partial charge in [0.1, 0.15) is 5.56 Å². The van der Waals surface area contributed by atoms with Gasteiger partial charge in [-0.1, -0.05) is 19.9 Å². The molecule has 128 valence electrons. The van der Waals surface area contributed by atoms with E-state index in [4.69, 9.17) is 9.84 Å². The van der Waals surface area contributed by atoms with Crippen molar-refractivity contribution in [1.29, 1.82) is 0 Å². The molecule has 1 aliphatic heterocycles. The van der Waals surface area contributed by atoms with Gasteiger partial charge in [-0.2, -0.15) is 0 Å². The van der Waals surface area contributed by atoms with Gasteiger partial charge in [-0.15, -0.1) is 0 Å². The van der Waals surface area contributed by atoms with E-state index in [0.29, 0.717) is 12.8 Å². The number of hydrogen-bond acceptors (Lipinski definition) is 5. The molecule has 1 saturated heterocycles. The first-order valence-corrected chi connectivity index (χ1v) is 7.67. The average molecular weight is 333 g/mol. The van der Waals surface area contributed by atoms with Gasteiger partial charge in [0, 0.05) is 5.41 Å². The molecule has 2 bridgehead atoms. The van der Waals surface area contributed by atoms with Crippen LogP contribution in [-0.4, -0.2) is 33.7 Å². The summed E-state index contributed by atoms with van der Waals surface area (Å²) in [4.78, 5) is 36.2. The number of aromatic hydroxyl groups is 1. The molecule has 24 heavy (non-hydrogen) atoms. The van der Waals surface area contributed by atoms with Crippen molar-refractivity contribution in [2.45, 2.75) is 39.2 Å². The fraction of sp³-hybridized carbons (Fsp3) is 0.471. The molecule has 1 amide bonds. The molecular weight excluding hydrogens is 314 g/mol. The second kappa shape index (κ2) is 4.72. The molecule has 1 aromatic rings. The third-order valence-electron chi connectivity index (χ3n) is 5.96. The molecule has 7 nitrogen and oxygen atoms in total. The summed E-state index contributed by atoms with van der Waals surface area (Å²) in [6.45, 7) is 5.43. The zero-order valence-electron chi connectivity index (χ0n) is 13.7. The maximum atomic E-state index is 12.9. The average Bonchev–Trinajstić information content (AvgIpc) is 2.79. The zero-order chi connectivity index (χ0) is 17.9. The maximum absolute atomic E-state index is 12.9. The minimum atomic E-state index is -1.33. The number of anilines is 1. The third kappa shape index (κ3) is 1.75. The number of para-hydroxylation sites is 1. The molecule has 2 fully saturated rings. The number of carboxylic acid groups (broad SMARTS) is 1. The number of carboxylic acids is 1. The van der Waals surface area contributed by atoms with E-state index in [9.17, 15) is 19.5 Å². The summed E-state index contributed by atoms with van der Waals surface area (Å²) in [6, 6.07) is 4.05. The molecule has 1 saturated carbocycles. The van der Waals surface area contributed by atoms with Crippen LogP contribution in [-0.2, 0) is 14.3 Å². The van der Waals surface area contributed by atoms with Crippen LogP contribution >= 0.6 is 0 Å². The Hall–Kier alpha value is -2.57. The Labute approximate surface area is 138 Å². The van der Waals surface area contributed by atoms with Gasteiger partial charge in [0.05, 0.1) is 11.1 Å². The Morgan fingerprint density at radius 2 is 1.88 bits per heavy atom. The van der Waals surface area contributed by atoms with Crippen LogP contribution in [0.25, 0.3) is 0 Å². The van der Waals surface area contributed by atoms with Gasteiger partial charge in [0.2, 0.25) is 0 Å². The Kier molecular flexibility index (Phi) is 3.20. The molecule has 3 rings (SSSR count). The van der Waals surface area contributed by atoms with Crippen LogP contribution in [0.4, 0.5) is 5.69 Å². The quantitative estimate of drug-likeness (QED) is 0.577. The summed E-state index contributed by atoms with van der Waals surface area (Å²) in [5.41, 5.74) is -3.13. The monoisotopic (exact) mass is 333 g/mol. The highest BCUT2D eigenvalue weighted by Gasteiger charge is 2.75. The fourth-order valence-electron chi connectivity index (χ4n) is 3.79. The lowest BCUT2D eigenvalue weighted by Gasteiger charge is -2.35. The van der Waals surface area contributed by atoms with Crippen molar-refractivity contribution in [2.75, 3.05) is 5.32 Å². The number of hydrogen-bond donors (Lipinski definition) is 3. The van der Waals surface area contributed by atoms with Crippen LogP contribution < -0.4 is 5.32 Å². The first-order valence-electron chi connectivity index (χ1n) is 7.67. The van der Waals surface area contributed by atoms with E-state index in [-0.39, 0.29) is 11.3 Å². The van der Waals surface area contributed by atoms with E-state index in [1.165, 1.54) is 18.2 Å². The number of carbonyl (C=O) groups is 3. The number of amides is 1. The first kappa shape index (κ1) is 16.3. The molecule has 2 atom stereocenters. The predicted octanol–water partition coefficient (Wildman–Crippen LogP) is 2.15. The Balaban J connectivity index is 1.96. The van der Waals surface area contributed by atoms with Gasteiger partial charge in [-0.25, -0.2) is 4.79 Å². The summed E-state index contributed by atoms with van der Waals surface area (Å²) in [5.74, 6) is -2.79.